The molecule has 3 aromatic heterocycles. The van der Waals surface area contributed by atoms with Crippen LogP contribution >= 0.6 is 0 Å². The molecular weight excluding hydrogens is 430 g/mol. The number of aromatic nitrogens is 4. The molecule has 0 amide bonds. The van der Waals surface area contributed by atoms with E-state index in [1.807, 2.05) is 24.5 Å². The van der Waals surface area contributed by atoms with Gasteiger partial charge in [0, 0.05) is 56.2 Å². The first-order chi connectivity index (χ1) is 16.5. The van der Waals surface area contributed by atoms with Crippen LogP contribution < -0.4 is 16.3 Å². The number of nitrogens with two attached hydrogens (primary N) is 1. The fourth-order valence-electron chi connectivity index (χ4n) is 4.44. The summed E-state index contributed by atoms with van der Waals surface area (Å²) in [5.74, 6) is 0. The van der Waals surface area contributed by atoms with Crippen LogP contribution in [0.3, 0.4) is 0 Å². The zero-order valence-corrected chi connectivity index (χ0v) is 19.5. The van der Waals surface area contributed by atoms with Crippen molar-refractivity contribution in [1.29, 1.82) is 0 Å². The SMILES string of the molecule is CN=CC(=C(C)N)n1c(=O)n(C)c2cnc3ccc(-c4cncc(N5CCOCC5)c4)cc3c21. The predicted molar refractivity (Wildman–Crippen MR) is 136 cm³/mol. The molecule has 0 unspecified atom stereocenters. The van der Waals surface area contributed by atoms with Gasteiger partial charge < -0.3 is 15.4 Å². The lowest BCUT2D eigenvalue weighted by molar-refractivity contribution is 0.122. The summed E-state index contributed by atoms with van der Waals surface area (Å²) < 4.78 is 8.68. The molecule has 0 aliphatic carbocycles. The first-order valence-corrected chi connectivity index (χ1v) is 11.2. The Bertz CT molecular complexity index is 1500. The Hall–Kier alpha value is -3.98. The zero-order valence-electron chi connectivity index (χ0n) is 19.5. The van der Waals surface area contributed by atoms with Gasteiger partial charge in [-0.05, 0) is 30.7 Å². The highest BCUT2D eigenvalue weighted by atomic mass is 16.5. The second-order valence-electron chi connectivity index (χ2n) is 8.39. The number of morpholine rings is 1. The second-order valence-corrected chi connectivity index (χ2v) is 8.39. The Kier molecular flexibility index (Phi) is 5.62. The predicted octanol–water partition coefficient (Wildman–Crippen LogP) is 2.63. The van der Waals surface area contributed by atoms with Crippen LogP contribution in [0.25, 0.3) is 38.8 Å². The van der Waals surface area contributed by atoms with E-state index in [1.54, 1.807) is 42.6 Å². The number of rotatable bonds is 4. The lowest BCUT2D eigenvalue weighted by Gasteiger charge is -2.28. The molecule has 1 aliphatic rings. The number of ether oxygens (including phenoxy) is 1. The minimum absolute atomic E-state index is 0.203. The van der Waals surface area contributed by atoms with Crippen molar-refractivity contribution in [2.45, 2.75) is 6.92 Å². The van der Waals surface area contributed by atoms with Crippen LogP contribution in [0.1, 0.15) is 6.92 Å². The molecule has 4 heterocycles. The summed E-state index contributed by atoms with van der Waals surface area (Å²) in [6.07, 6.45) is 7.08. The highest BCUT2D eigenvalue weighted by Crippen LogP contribution is 2.31. The number of anilines is 1. The Balaban J connectivity index is 1.74. The number of allylic oxidation sites excluding steroid dienone is 2. The molecule has 5 rings (SSSR count). The third-order valence-corrected chi connectivity index (χ3v) is 6.21. The number of pyridine rings is 2. The summed E-state index contributed by atoms with van der Waals surface area (Å²) >= 11 is 0. The lowest BCUT2D eigenvalue weighted by atomic mass is 10.0. The summed E-state index contributed by atoms with van der Waals surface area (Å²) in [6.45, 7) is 4.88. The maximum absolute atomic E-state index is 13.2. The van der Waals surface area contributed by atoms with Gasteiger partial charge in [0.15, 0.2) is 0 Å². The van der Waals surface area contributed by atoms with Crippen molar-refractivity contribution in [2.24, 2.45) is 17.8 Å². The topological polar surface area (TPSA) is 104 Å². The summed E-state index contributed by atoms with van der Waals surface area (Å²) in [5, 5.41) is 0.854. The standard InChI is InChI=1S/C25H27N7O2/c1-16(26)22(14-27-2)32-24-20-11-17(4-5-21(20)29-15-23(24)30(3)25(32)33)18-10-19(13-28-12-18)31-6-8-34-9-7-31/h4-5,10-15H,6-9,26H2,1-3H3. The van der Waals surface area contributed by atoms with Gasteiger partial charge in [-0.2, -0.15) is 0 Å². The molecule has 1 aromatic carbocycles. The lowest BCUT2D eigenvalue weighted by Crippen LogP contribution is -2.36. The largest absolute Gasteiger partial charge is 0.401 e. The molecule has 0 bridgehead atoms. The quantitative estimate of drug-likeness (QED) is 0.473. The number of aryl methyl sites for hydroxylation is 1. The highest BCUT2D eigenvalue weighted by Gasteiger charge is 2.19. The van der Waals surface area contributed by atoms with Gasteiger partial charge in [0.25, 0.3) is 0 Å². The summed E-state index contributed by atoms with van der Waals surface area (Å²) in [7, 11) is 3.39. The molecule has 9 heteroatoms. The van der Waals surface area contributed by atoms with Crippen molar-refractivity contribution in [3.63, 3.8) is 0 Å². The Morgan fingerprint density at radius 2 is 1.94 bits per heavy atom. The third-order valence-electron chi connectivity index (χ3n) is 6.21. The zero-order chi connectivity index (χ0) is 23.8. The average Bonchev–Trinajstić information content (AvgIpc) is 3.12. The van der Waals surface area contributed by atoms with Gasteiger partial charge in [0.2, 0.25) is 0 Å². The smallest absolute Gasteiger partial charge is 0.333 e. The first-order valence-electron chi connectivity index (χ1n) is 11.2. The van der Waals surface area contributed by atoms with Crippen LogP contribution in [0.4, 0.5) is 5.69 Å². The number of fused-ring (bicyclic) bond motifs is 3. The molecule has 1 saturated heterocycles. The highest BCUT2D eigenvalue weighted by molar-refractivity contribution is 6.11. The van der Waals surface area contributed by atoms with Crippen LogP contribution in [0.2, 0.25) is 0 Å². The van der Waals surface area contributed by atoms with Crippen molar-refractivity contribution in [2.75, 3.05) is 38.3 Å². The average molecular weight is 458 g/mol. The van der Waals surface area contributed by atoms with Gasteiger partial charge in [0.1, 0.15) is 0 Å². The van der Waals surface area contributed by atoms with Gasteiger partial charge in [-0.1, -0.05) is 6.07 Å². The number of hydrogen-bond donors (Lipinski definition) is 1. The van der Waals surface area contributed by atoms with E-state index in [-0.39, 0.29) is 5.69 Å². The molecule has 9 nitrogen and oxygen atoms in total. The van der Waals surface area contributed by atoms with Crippen LogP contribution in [-0.2, 0) is 11.8 Å². The number of aliphatic imine (C=N–C) groups is 1. The fourth-order valence-corrected chi connectivity index (χ4v) is 4.44. The minimum atomic E-state index is -0.203. The molecule has 174 valence electrons. The van der Waals surface area contributed by atoms with E-state index in [2.05, 4.69) is 32.0 Å². The van der Waals surface area contributed by atoms with Gasteiger partial charge in [0.05, 0.1) is 53.5 Å². The number of hydrogen-bond acceptors (Lipinski definition) is 7. The number of imidazole rings is 1. The Morgan fingerprint density at radius 1 is 1.15 bits per heavy atom. The number of nitrogens with zero attached hydrogens (tertiary/aromatic N) is 6. The van der Waals surface area contributed by atoms with E-state index in [4.69, 9.17) is 10.5 Å². The third kappa shape index (κ3) is 3.63. The molecule has 1 aliphatic heterocycles. The molecule has 4 aromatic rings. The summed E-state index contributed by atoms with van der Waals surface area (Å²) in [5.41, 5.74) is 12.3. The van der Waals surface area contributed by atoms with Crippen LogP contribution in [0, 0.1) is 0 Å². The second kappa shape index (κ2) is 8.75. The molecule has 0 spiro atoms. The van der Waals surface area contributed by atoms with Crippen molar-refractivity contribution in [1.82, 2.24) is 19.1 Å². The molecular formula is C25H27N7O2. The van der Waals surface area contributed by atoms with Crippen LogP contribution in [0.15, 0.2) is 58.3 Å². The molecule has 2 N–H and O–H groups in total. The summed E-state index contributed by atoms with van der Waals surface area (Å²) in [4.78, 5) is 28.7. The van der Waals surface area contributed by atoms with E-state index >= 15 is 0 Å². The van der Waals surface area contributed by atoms with E-state index < -0.39 is 0 Å². The van der Waals surface area contributed by atoms with Crippen molar-refractivity contribution >= 4 is 39.5 Å². The van der Waals surface area contributed by atoms with Gasteiger partial charge in [-0.3, -0.25) is 24.1 Å². The van der Waals surface area contributed by atoms with E-state index in [9.17, 15) is 4.79 Å². The molecule has 0 radical (unpaired) electrons. The van der Waals surface area contributed by atoms with Gasteiger partial charge in [-0.25, -0.2) is 4.79 Å². The van der Waals surface area contributed by atoms with Crippen molar-refractivity contribution in [3.05, 3.63) is 59.0 Å². The number of benzene rings is 1. The molecule has 0 saturated carbocycles. The monoisotopic (exact) mass is 457 g/mol. The van der Waals surface area contributed by atoms with Gasteiger partial charge >= 0.3 is 5.69 Å². The van der Waals surface area contributed by atoms with E-state index in [0.717, 1.165) is 51.8 Å². The van der Waals surface area contributed by atoms with E-state index in [1.165, 1.54) is 0 Å². The van der Waals surface area contributed by atoms with Crippen LogP contribution in [-0.4, -0.2) is 58.7 Å². The molecule has 1 fully saturated rings. The fraction of sp³-hybridized carbons (Fsp3) is 0.280. The molecule has 0 atom stereocenters. The van der Waals surface area contributed by atoms with E-state index in [0.29, 0.717) is 24.6 Å². The Morgan fingerprint density at radius 3 is 2.68 bits per heavy atom. The Labute approximate surface area is 196 Å². The molecule has 34 heavy (non-hydrogen) atoms. The normalized spacial score (nSPS) is 15.4. The first kappa shape index (κ1) is 21.8. The maximum atomic E-state index is 13.2. The minimum Gasteiger partial charge on any atom is -0.401 e. The summed E-state index contributed by atoms with van der Waals surface area (Å²) in [6, 6.07) is 8.21. The van der Waals surface area contributed by atoms with Crippen LogP contribution in [0.5, 0.6) is 0 Å². The maximum Gasteiger partial charge on any atom is 0.333 e. The van der Waals surface area contributed by atoms with Crippen molar-refractivity contribution in [3.8, 4) is 11.1 Å². The van der Waals surface area contributed by atoms with Gasteiger partial charge in [-0.15, -0.1) is 0 Å². The van der Waals surface area contributed by atoms with Crippen molar-refractivity contribution < 1.29 is 4.74 Å².